The summed E-state index contributed by atoms with van der Waals surface area (Å²) in [6.07, 6.45) is 5.59. The fourth-order valence-electron chi connectivity index (χ4n) is 2.60. The minimum atomic E-state index is -0.387. The highest BCUT2D eigenvalue weighted by Gasteiger charge is 2.24. The zero-order valence-electron chi connectivity index (χ0n) is 11.5. The second kappa shape index (κ2) is 7.54. The molecule has 0 spiro atoms. The van der Waals surface area contributed by atoms with Gasteiger partial charge in [-0.05, 0) is 30.9 Å². The molecule has 1 saturated carbocycles. The minimum Gasteiger partial charge on any atom is -0.484 e. The van der Waals surface area contributed by atoms with Gasteiger partial charge in [-0.1, -0.05) is 37.5 Å². The van der Waals surface area contributed by atoms with E-state index in [1.54, 1.807) is 12.1 Å². The third-order valence-electron chi connectivity index (χ3n) is 3.69. The van der Waals surface area contributed by atoms with Gasteiger partial charge in [-0.3, -0.25) is 4.79 Å². The molecule has 1 amide bonds. The molecule has 1 aliphatic rings. The Hall–Kier alpha value is -2.02. The third-order valence-corrected chi connectivity index (χ3v) is 3.69. The molecule has 4 heteroatoms. The van der Waals surface area contributed by atoms with Crippen LogP contribution in [0.4, 0.5) is 0 Å². The average Bonchev–Trinajstić information content (AvgIpc) is 2.52. The maximum Gasteiger partial charge on any atom is 0.258 e. The quantitative estimate of drug-likeness (QED) is 0.896. The zero-order chi connectivity index (χ0) is 14.2. The van der Waals surface area contributed by atoms with Gasteiger partial charge in [-0.15, -0.1) is 0 Å². The summed E-state index contributed by atoms with van der Waals surface area (Å²) in [6.45, 7) is -0.0467. The molecule has 1 unspecified atom stereocenters. The van der Waals surface area contributed by atoms with Gasteiger partial charge in [0.15, 0.2) is 6.61 Å². The van der Waals surface area contributed by atoms with Crippen molar-refractivity contribution in [3.63, 3.8) is 0 Å². The fraction of sp³-hybridized carbons (Fsp3) is 0.500. The predicted octanol–water partition coefficient (Wildman–Crippen LogP) is 2.65. The number of rotatable bonds is 5. The third kappa shape index (κ3) is 4.27. The number of amides is 1. The number of nitrogens with one attached hydrogen (secondary N) is 1. The summed E-state index contributed by atoms with van der Waals surface area (Å²) in [5.74, 6) is 0.717. The predicted molar refractivity (Wildman–Crippen MR) is 76.1 cm³/mol. The molecule has 0 bridgehead atoms. The van der Waals surface area contributed by atoms with E-state index < -0.39 is 0 Å². The highest BCUT2D eigenvalue weighted by atomic mass is 16.5. The molecule has 0 radical (unpaired) electrons. The SMILES string of the molecule is N#CC(NC(=O)COc1ccccc1)C1CCCCC1. The van der Waals surface area contributed by atoms with Crippen LogP contribution in [-0.2, 0) is 4.79 Å². The smallest absolute Gasteiger partial charge is 0.258 e. The number of hydrogen-bond donors (Lipinski definition) is 1. The molecule has 1 aromatic carbocycles. The molecule has 1 aliphatic carbocycles. The van der Waals surface area contributed by atoms with Crippen LogP contribution in [0, 0.1) is 17.2 Å². The molecule has 1 atom stereocenters. The van der Waals surface area contributed by atoms with E-state index in [0.717, 1.165) is 25.7 Å². The zero-order valence-corrected chi connectivity index (χ0v) is 11.5. The van der Waals surface area contributed by atoms with Crippen molar-refractivity contribution in [3.05, 3.63) is 30.3 Å². The van der Waals surface area contributed by atoms with Gasteiger partial charge in [0, 0.05) is 0 Å². The Bertz CT molecular complexity index is 461. The number of para-hydroxylation sites is 1. The number of benzene rings is 1. The van der Waals surface area contributed by atoms with Crippen molar-refractivity contribution in [2.75, 3.05) is 6.61 Å². The highest BCUT2D eigenvalue weighted by molar-refractivity contribution is 5.78. The van der Waals surface area contributed by atoms with Crippen molar-refractivity contribution in [2.45, 2.75) is 38.1 Å². The van der Waals surface area contributed by atoms with E-state index in [0.29, 0.717) is 5.75 Å². The van der Waals surface area contributed by atoms with Crippen molar-refractivity contribution in [2.24, 2.45) is 5.92 Å². The van der Waals surface area contributed by atoms with E-state index >= 15 is 0 Å². The number of nitrogens with zero attached hydrogens (tertiary/aromatic N) is 1. The molecular formula is C16H20N2O2. The molecule has 1 aromatic rings. The molecular weight excluding hydrogens is 252 g/mol. The first-order valence-electron chi connectivity index (χ1n) is 7.16. The van der Waals surface area contributed by atoms with Crippen LogP contribution < -0.4 is 10.1 Å². The van der Waals surface area contributed by atoms with Crippen LogP contribution in [0.3, 0.4) is 0 Å². The van der Waals surface area contributed by atoms with Crippen molar-refractivity contribution in [3.8, 4) is 11.8 Å². The molecule has 20 heavy (non-hydrogen) atoms. The van der Waals surface area contributed by atoms with E-state index in [-0.39, 0.29) is 24.5 Å². The van der Waals surface area contributed by atoms with E-state index in [2.05, 4.69) is 11.4 Å². The van der Waals surface area contributed by atoms with Crippen molar-refractivity contribution in [1.82, 2.24) is 5.32 Å². The van der Waals surface area contributed by atoms with Gasteiger partial charge in [0.2, 0.25) is 0 Å². The van der Waals surface area contributed by atoms with Gasteiger partial charge >= 0.3 is 0 Å². The summed E-state index contributed by atoms with van der Waals surface area (Å²) in [7, 11) is 0. The van der Waals surface area contributed by atoms with Crippen LogP contribution in [-0.4, -0.2) is 18.6 Å². The van der Waals surface area contributed by atoms with Gasteiger partial charge in [-0.25, -0.2) is 0 Å². The van der Waals surface area contributed by atoms with Crippen LogP contribution in [0.1, 0.15) is 32.1 Å². The lowest BCUT2D eigenvalue weighted by molar-refractivity contribution is -0.123. The summed E-state index contributed by atoms with van der Waals surface area (Å²) in [4.78, 5) is 11.8. The Balaban J connectivity index is 1.79. The van der Waals surface area contributed by atoms with Gasteiger partial charge in [-0.2, -0.15) is 5.26 Å². The monoisotopic (exact) mass is 272 g/mol. The second-order valence-electron chi connectivity index (χ2n) is 5.17. The first-order valence-corrected chi connectivity index (χ1v) is 7.16. The first-order chi connectivity index (χ1) is 9.79. The maximum absolute atomic E-state index is 11.8. The lowest BCUT2D eigenvalue weighted by Gasteiger charge is -2.26. The van der Waals surface area contributed by atoms with Gasteiger partial charge in [0.05, 0.1) is 6.07 Å². The number of hydrogen-bond acceptors (Lipinski definition) is 3. The Morgan fingerprint density at radius 1 is 1.30 bits per heavy atom. The standard InChI is InChI=1S/C16H20N2O2/c17-11-15(13-7-3-1-4-8-13)18-16(19)12-20-14-9-5-2-6-10-14/h2,5-6,9-10,13,15H,1,3-4,7-8,12H2,(H,18,19). The van der Waals surface area contributed by atoms with Gasteiger partial charge in [0.25, 0.3) is 5.91 Å². The minimum absolute atomic E-state index is 0.0467. The Morgan fingerprint density at radius 3 is 2.65 bits per heavy atom. The molecule has 0 aliphatic heterocycles. The molecule has 1 N–H and O–H groups in total. The Labute approximate surface area is 119 Å². The number of carbonyl (C=O) groups is 1. The number of nitriles is 1. The van der Waals surface area contributed by atoms with Crippen LogP contribution in [0.25, 0.3) is 0 Å². The molecule has 0 aromatic heterocycles. The van der Waals surface area contributed by atoms with Crippen LogP contribution >= 0.6 is 0 Å². The molecule has 2 rings (SSSR count). The van der Waals surface area contributed by atoms with Gasteiger partial charge in [0.1, 0.15) is 11.8 Å². The molecule has 1 fully saturated rings. The van der Waals surface area contributed by atoms with Crippen molar-refractivity contribution < 1.29 is 9.53 Å². The largest absolute Gasteiger partial charge is 0.484 e. The summed E-state index contributed by atoms with van der Waals surface area (Å²) >= 11 is 0. The fourth-order valence-corrected chi connectivity index (χ4v) is 2.60. The van der Waals surface area contributed by atoms with E-state index in [9.17, 15) is 10.1 Å². The maximum atomic E-state index is 11.8. The molecule has 106 valence electrons. The Kier molecular flexibility index (Phi) is 5.43. The summed E-state index contributed by atoms with van der Waals surface area (Å²) < 4.78 is 5.38. The van der Waals surface area contributed by atoms with Crippen molar-refractivity contribution >= 4 is 5.91 Å². The lowest BCUT2D eigenvalue weighted by atomic mass is 9.84. The molecule has 4 nitrogen and oxygen atoms in total. The molecule has 0 heterocycles. The van der Waals surface area contributed by atoms with Crippen LogP contribution in [0.5, 0.6) is 5.75 Å². The van der Waals surface area contributed by atoms with E-state index in [1.807, 2.05) is 18.2 Å². The van der Waals surface area contributed by atoms with E-state index in [4.69, 9.17) is 4.74 Å². The number of ether oxygens (including phenoxy) is 1. The first kappa shape index (κ1) is 14.4. The Morgan fingerprint density at radius 2 is 2.00 bits per heavy atom. The molecule has 0 saturated heterocycles. The second-order valence-corrected chi connectivity index (χ2v) is 5.17. The topological polar surface area (TPSA) is 62.1 Å². The summed E-state index contributed by atoms with van der Waals surface area (Å²) in [5.41, 5.74) is 0. The highest BCUT2D eigenvalue weighted by Crippen LogP contribution is 2.26. The lowest BCUT2D eigenvalue weighted by Crippen LogP contribution is -2.42. The summed E-state index contributed by atoms with van der Waals surface area (Å²) in [5, 5.41) is 12.0. The average molecular weight is 272 g/mol. The normalized spacial score (nSPS) is 16.9. The van der Waals surface area contributed by atoms with Crippen LogP contribution in [0.2, 0.25) is 0 Å². The number of carbonyl (C=O) groups excluding carboxylic acids is 1. The van der Waals surface area contributed by atoms with Gasteiger partial charge < -0.3 is 10.1 Å². The van der Waals surface area contributed by atoms with Crippen molar-refractivity contribution in [1.29, 1.82) is 5.26 Å². The summed E-state index contributed by atoms with van der Waals surface area (Å²) in [6, 6.07) is 11.0. The van der Waals surface area contributed by atoms with Crippen LogP contribution in [0.15, 0.2) is 30.3 Å². The van der Waals surface area contributed by atoms with E-state index in [1.165, 1.54) is 6.42 Å².